The fourth-order valence-corrected chi connectivity index (χ4v) is 2.71. The van der Waals surface area contributed by atoms with Gasteiger partial charge in [0, 0.05) is 11.3 Å². The molecule has 3 nitrogen and oxygen atoms in total. The molecule has 0 aliphatic rings. The Morgan fingerprint density at radius 2 is 1.90 bits per heavy atom. The van der Waals surface area contributed by atoms with Crippen LogP contribution in [0.3, 0.4) is 0 Å². The van der Waals surface area contributed by atoms with Crippen LogP contribution in [-0.2, 0) is 5.75 Å². The van der Waals surface area contributed by atoms with Crippen molar-refractivity contribution >= 4 is 17.5 Å². The summed E-state index contributed by atoms with van der Waals surface area (Å²) >= 11 is 1.53. The van der Waals surface area contributed by atoms with Gasteiger partial charge in [-0.2, -0.15) is 0 Å². The highest BCUT2D eigenvalue weighted by Crippen LogP contribution is 2.25. The lowest BCUT2D eigenvalue weighted by molar-refractivity contribution is 0.102. The number of rotatable bonds is 5. The third kappa shape index (κ3) is 3.78. The van der Waals surface area contributed by atoms with Gasteiger partial charge in [0.2, 0.25) is 0 Å². The normalized spacial score (nSPS) is 10.4. The van der Waals surface area contributed by atoms with Crippen LogP contribution in [0.4, 0.5) is 0 Å². The maximum atomic E-state index is 12.0. The topological polar surface area (TPSA) is 57.5 Å². The summed E-state index contributed by atoms with van der Waals surface area (Å²) in [5.41, 5.74) is 2.81. The number of aromatic hydroxyl groups is 2. The average Bonchev–Trinajstić information content (AvgIpc) is 2.42. The van der Waals surface area contributed by atoms with Gasteiger partial charge in [0.1, 0.15) is 0 Å². The Morgan fingerprint density at radius 1 is 1.10 bits per heavy atom. The van der Waals surface area contributed by atoms with Crippen LogP contribution in [-0.4, -0.2) is 21.7 Å². The smallest absolute Gasteiger partial charge is 0.172 e. The number of benzene rings is 2. The zero-order valence-corrected chi connectivity index (χ0v) is 12.0. The van der Waals surface area contributed by atoms with E-state index in [4.69, 9.17) is 0 Å². The lowest BCUT2D eigenvalue weighted by Crippen LogP contribution is -2.02. The van der Waals surface area contributed by atoms with E-state index in [-0.39, 0.29) is 17.3 Å². The van der Waals surface area contributed by atoms with Crippen molar-refractivity contribution in [2.75, 3.05) is 5.75 Å². The number of hydrogen-bond acceptors (Lipinski definition) is 4. The molecule has 2 N–H and O–H groups in total. The first-order valence-corrected chi connectivity index (χ1v) is 7.40. The molecule has 0 aromatic heterocycles. The lowest BCUT2D eigenvalue weighted by atomic mass is 10.1. The van der Waals surface area contributed by atoms with Gasteiger partial charge in [-0.1, -0.05) is 29.8 Å². The number of aryl methyl sites for hydroxylation is 1. The summed E-state index contributed by atoms with van der Waals surface area (Å²) in [5, 5.41) is 18.6. The molecule has 0 heterocycles. The van der Waals surface area contributed by atoms with Crippen LogP contribution >= 0.6 is 11.8 Å². The van der Waals surface area contributed by atoms with Gasteiger partial charge in [0.15, 0.2) is 17.3 Å². The molecule has 0 fully saturated rings. The molecule has 104 valence electrons. The van der Waals surface area contributed by atoms with Crippen molar-refractivity contribution in [3.8, 4) is 11.5 Å². The highest BCUT2D eigenvalue weighted by Gasteiger charge is 2.09. The molecule has 0 unspecified atom stereocenters. The summed E-state index contributed by atoms with van der Waals surface area (Å²) in [5.74, 6) is 0.585. The summed E-state index contributed by atoms with van der Waals surface area (Å²) in [6.45, 7) is 2.04. The SMILES string of the molecule is Cc1cccc(CSCC(=O)c2ccc(O)c(O)c2)c1. The molecule has 0 aliphatic heterocycles. The van der Waals surface area contributed by atoms with Crippen molar-refractivity contribution < 1.29 is 15.0 Å². The monoisotopic (exact) mass is 288 g/mol. The van der Waals surface area contributed by atoms with Gasteiger partial charge < -0.3 is 10.2 Å². The Morgan fingerprint density at radius 3 is 2.60 bits per heavy atom. The highest BCUT2D eigenvalue weighted by atomic mass is 32.2. The number of carbonyl (C=O) groups excluding carboxylic acids is 1. The van der Waals surface area contributed by atoms with E-state index in [1.54, 1.807) is 0 Å². The molecule has 0 saturated carbocycles. The molecule has 0 saturated heterocycles. The van der Waals surface area contributed by atoms with E-state index in [2.05, 4.69) is 6.07 Å². The molecule has 0 amide bonds. The number of phenolic OH excluding ortho intramolecular Hbond substituents is 2. The maximum absolute atomic E-state index is 12.0. The number of Topliss-reactive ketones (excluding diaryl/α,β-unsaturated/α-hetero) is 1. The van der Waals surface area contributed by atoms with Gasteiger partial charge in [0.05, 0.1) is 5.75 Å². The van der Waals surface area contributed by atoms with Gasteiger partial charge >= 0.3 is 0 Å². The Bertz CT molecular complexity index is 623. The van der Waals surface area contributed by atoms with E-state index in [9.17, 15) is 15.0 Å². The summed E-state index contributed by atoms with van der Waals surface area (Å²) in [4.78, 5) is 12.0. The second-order valence-electron chi connectivity index (χ2n) is 4.61. The van der Waals surface area contributed by atoms with Crippen molar-refractivity contribution in [3.63, 3.8) is 0 Å². The Hall–Kier alpha value is -1.94. The predicted octanol–water partition coefficient (Wildman–Crippen LogP) is 3.52. The van der Waals surface area contributed by atoms with E-state index in [0.29, 0.717) is 11.3 Å². The maximum Gasteiger partial charge on any atom is 0.172 e. The van der Waals surface area contributed by atoms with Crippen LogP contribution in [0.25, 0.3) is 0 Å². The molecule has 0 atom stereocenters. The largest absolute Gasteiger partial charge is 0.504 e. The summed E-state index contributed by atoms with van der Waals surface area (Å²) in [6.07, 6.45) is 0. The third-order valence-corrected chi connectivity index (χ3v) is 3.89. The number of ketones is 1. The molecule has 0 bridgehead atoms. The van der Waals surface area contributed by atoms with E-state index in [1.165, 1.54) is 41.1 Å². The number of hydrogen-bond donors (Lipinski definition) is 2. The van der Waals surface area contributed by atoms with Crippen LogP contribution in [0.5, 0.6) is 11.5 Å². The van der Waals surface area contributed by atoms with E-state index < -0.39 is 0 Å². The van der Waals surface area contributed by atoms with Gasteiger partial charge in [-0.05, 0) is 30.7 Å². The molecule has 2 aromatic rings. The lowest BCUT2D eigenvalue weighted by Gasteiger charge is -2.04. The quantitative estimate of drug-likeness (QED) is 0.653. The summed E-state index contributed by atoms with van der Waals surface area (Å²) in [7, 11) is 0. The van der Waals surface area contributed by atoms with Crippen molar-refractivity contribution in [2.45, 2.75) is 12.7 Å². The highest BCUT2D eigenvalue weighted by molar-refractivity contribution is 7.99. The first-order valence-electron chi connectivity index (χ1n) is 6.25. The Balaban J connectivity index is 1.90. The first-order chi connectivity index (χ1) is 9.56. The Labute approximate surface area is 122 Å². The average molecular weight is 288 g/mol. The molecule has 0 spiro atoms. The molecular formula is C16H16O3S. The second kappa shape index (κ2) is 6.48. The Kier molecular flexibility index (Phi) is 4.69. The van der Waals surface area contributed by atoms with E-state index >= 15 is 0 Å². The molecular weight excluding hydrogens is 272 g/mol. The van der Waals surface area contributed by atoms with Crippen LogP contribution in [0, 0.1) is 6.92 Å². The van der Waals surface area contributed by atoms with E-state index in [1.807, 2.05) is 25.1 Å². The van der Waals surface area contributed by atoms with Crippen LogP contribution in [0.15, 0.2) is 42.5 Å². The minimum Gasteiger partial charge on any atom is -0.504 e. The van der Waals surface area contributed by atoms with E-state index in [0.717, 1.165) is 5.75 Å². The zero-order valence-electron chi connectivity index (χ0n) is 11.2. The fraction of sp³-hybridized carbons (Fsp3) is 0.188. The van der Waals surface area contributed by atoms with Gasteiger partial charge in [-0.25, -0.2) is 0 Å². The van der Waals surface area contributed by atoms with Crippen molar-refractivity contribution in [3.05, 3.63) is 59.2 Å². The van der Waals surface area contributed by atoms with Gasteiger partial charge in [-0.15, -0.1) is 11.8 Å². The number of thioether (sulfide) groups is 1. The number of carbonyl (C=O) groups is 1. The summed E-state index contributed by atoms with van der Waals surface area (Å²) < 4.78 is 0. The fourth-order valence-electron chi connectivity index (χ4n) is 1.84. The zero-order chi connectivity index (χ0) is 14.5. The van der Waals surface area contributed by atoms with Gasteiger partial charge in [0.25, 0.3) is 0 Å². The van der Waals surface area contributed by atoms with Crippen molar-refractivity contribution in [1.82, 2.24) is 0 Å². The summed E-state index contributed by atoms with van der Waals surface area (Å²) in [6, 6.07) is 12.3. The first kappa shape index (κ1) is 14.5. The minimum absolute atomic E-state index is 0.0575. The molecule has 0 radical (unpaired) electrons. The molecule has 4 heteroatoms. The standard InChI is InChI=1S/C16H16O3S/c1-11-3-2-4-12(7-11)9-20-10-16(19)13-5-6-14(17)15(18)8-13/h2-8,17-18H,9-10H2,1H3. The van der Waals surface area contributed by atoms with Crippen molar-refractivity contribution in [1.29, 1.82) is 0 Å². The minimum atomic E-state index is -0.264. The molecule has 0 aliphatic carbocycles. The molecule has 20 heavy (non-hydrogen) atoms. The second-order valence-corrected chi connectivity index (χ2v) is 5.59. The molecule has 2 aromatic carbocycles. The number of phenols is 2. The molecule has 2 rings (SSSR count). The van der Waals surface area contributed by atoms with Crippen LogP contribution in [0.1, 0.15) is 21.5 Å². The van der Waals surface area contributed by atoms with Crippen molar-refractivity contribution in [2.24, 2.45) is 0 Å². The van der Waals surface area contributed by atoms with Crippen LogP contribution in [0.2, 0.25) is 0 Å². The third-order valence-electron chi connectivity index (χ3n) is 2.88. The van der Waals surface area contributed by atoms with Gasteiger partial charge in [-0.3, -0.25) is 4.79 Å². The predicted molar refractivity (Wildman–Crippen MR) is 81.4 cm³/mol. The van der Waals surface area contributed by atoms with Crippen LogP contribution < -0.4 is 0 Å².